The average molecular weight is 310 g/mol. The van der Waals surface area contributed by atoms with Gasteiger partial charge in [-0.15, -0.1) is 0 Å². The second-order valence-electron chi connectivity index (χ2n) is 5.71. The molecule has 3 rings (SSSR count). The molecule has 0 fully saturated rings. The normalized spacial score (nSPS) is 12.9. The maximum absolute atomic E-state index is 5.98. The molecule has 0 amide bonds. The first kappa shape index (κ1) is 15.8. The van der Waals surface area contributed by atoms with Crippen molar-refractivity contribution in [1.29, 1.82) is 0 Å². The van der Waals surface area contributed by atoms with Crippen molar-refractivity contribution in [3.8, 4) is 5.88 Å². The molecule has 5 nitrogen and oxygen atoms in total. The summed E-state index contributed by atoms with van der Waals surface area (Å²) in [7, 11) is 1.78. The number of rotatable bonds is 6. The fourth-order valence-electron chi connectivity index (χ4n) is 2.49. The Bertz CT molecular complexity index is 690. The van der Waals surface area contributed by atoms with Gasteiger partial charge in [0.15, 0.2) is 0 Å². The maximum Gasteiger partial charge on any atom is 0.330 e. The number of nitrogens with one attached hydrogen (secondary N) is 1. The zero-order chi connectivity index (χ0) is 16.2. The number of nitrogens with zero attached hydrogens (tertiary/aromatic N) is 2. The Kier molecular flexibility index (Phi) is 4.81. The summed E-state index contributed by atoms with van der Waals surface area (Å²) in [6.07, 6.45) is 3.90. The molecule has 1 radical (unpaired) electrons. The maximum atomic E-state index is 5.98. The zero-order valence-electron chi connectivity index (χ0n) is 13.8. The van der Waals surface area contributed by atoms with E-state index in [1.165, 1.54) is 0 Å². The Morgan fingerprint density at radius 3 is 2.96 bits per heavy atom. The Morgan fingerprint density at radius 2 is 2.17 bits per heavy atom. The van der Waals surface area contributed by atoms with Crippen molar-refractivity contribution in [3.05, 3.63) is 35.5 Å². The first-order valence-corrected chi connectivity index (χ1v) is 8.04. The van der Waals surface area contributed by atoms with Gasteiger partial charge in [-0.2, -0.15) is 4.98 Å². The third-order valence-corrected chi connectivity index (χ3v) is 3.96. The second kappa shape index (κ2) is 7.00. The summed E-state index contributed by atoms with van der Waals surface area (Å²) in [4.78, 5) is 8.86. The van der Waals surface area contributed by atoms with Crippen LogP contribution in [-0.2, 0) is 11.3 Å². The van der Waals surface area contributed by atoms with E-state index in [0.29, 0.717) is 18.4 Å². The molecule has 1 aromatic carbocycles. The van der Waals surface area contributed by atoms with E-state index in [1.807, 2.05) is 19.1 Å². The molecule has 23 heavy (non-hydrogen) atoms. The number of hydrogen-bond acceptors (Lipinski definition) is 5. The quantitative estimate of drug-likeness (QED) is 0.832. The van der Waals surface area contributed by atoms with Crippen LogP contribution in [0, 0.1) is 6.92 Å². The lowest BCUT2D eigenvalue weighted by molar-refractivity contribution is 0.183. The van der Waals surface area contributed by atoms with Crippen LogP contribution >= 0.6 is 0 Å². The van der Waals surface area contributed by atoms with Gasteiger partial charge in [0.05, 0.1) is 12.7 Å². The van der Waals surface area contributed by atoms with E-state index in [9.17, 15) is 0 Å². The van der Waals surface area contributed by atoms with Crippen molar-refractivity contribution in [2.45, 2.75) is 46.3 Å². The monoisotopic (exact) mass is 310 g/mol. The molecule has 1 N–H and O–H groups in total. The van der Waals surface area contributed by atoms with Gasteiger partial charge in [-0.3, -0.25) is 0 Å². The second-order valence-corrected chi connectivity index (χ2v) is 5.71. The summed E-state index contributed by atoms with van der Waals surface area (Å²) in [5, 5.41) is 3.24. The summed E-state index contributed by atoms with van der Waals surface area (Å²) < 4.78 is 11.3. The summed E-state index contributed by atoms with van der Waals surface area (Å²) in [6.45, 7) is 6.81. The molecule has 6 heteroatoms. The molecular formula is C17H21BN3O2. The predicted octanol–water partition coefficient (Wildman–Crippen LogP) is 2.87. The van der Waals surface area contributed by atoms with Gasteiger partial charge in [0.25, 0.3) is 0 Å². The van der Waals surface area contributed by atoms with Crippen molar-refractivity contribution >= 4 is 24.6 Å². The first-order chi connectivity index (χ1) is 11.2. The molecule has 0 saturated heterocycles. The smallest absolute Gasteiger partial charge is 0.330 e. The zero-order valence-corrected chi connectivity index (χ0v) is 13.8. The number of anilines is 2. The van der Waals surface area contributed by atoms with Gasteiger partial charge in [0, 0.05) is 17.4 Å². The van der Waals surface area contributed by atoms with Crippen LogP contribution in [0.15, 0.2) is 24.4 Å². The van der Waals surface area contributed by atoms with Crippen LogP contribution in [0.25, 0.3) is 0 Å². The Labute approximate surface area is 137 Å². The van der Waals surface area contributed by atoms with Gasteiger partial charge in [-0.25, -0.2) is 4.98 Å². The number of aromatic nitrogens is 2. The minimum absolute atomic E-state index is 0.184. The molecular weight excluding hydrogens is 289 g/mol. The third kappa shape index (κ3) is 3.64. The number of ether oxygens (including phenoxy) is 1. The van der Waals surface area contributed by atoms with Crippen molar-refractivity contribution in [2.24, 2.45) is 0 Å². The molecule has 1 aliphatic rings. The van der Waals surface area contributed by atoms with Crippen molar-refractivity contribution in [2.75, 3.05) is 5.32 Å². The molecule has 119 valence electrons. The van der Waals surface area contributed by atoms with Crippen LogP contribution in [0.5, 0.6) is 5.88 Å². The van der Waals surface area contributed by atoms with E-state index in [0.717, 1.165) is 35.1 Å². The van der Waals surface area contributed by atoms with E-state index in [4.69, 9.17) is 9.39 Å². The highest BCUT2D eigenvalue weighted by Gasteiger charge is 2.14. The third-order valence-electron chi connectivity index (χ3n) is 3.96. The largest absolute Gasteiger partial charge is 0.474 e. The minimum Gasteiger partial charge on any atom is -0.474 e. The number of benzene rings is 1. The van der Waals surface area contributed by atoms with Gasteiger partial charge < -0.3 is 14.7 Å². The standard InChI is InChI=1S/C17H21BN3O2/c1-4-14(5-2)23-16-11(3)9-19-17(21-16)20-13-6-7-15-12(8-13)10-22-18-15/h6-9,14H,4-5,10H2,1-3H3,(H,19,20,21). The summed E-state index contributed by atoms with van der Waals surface area (Å²) in [5.41, 5.74) is 4.17. The predicted molar refractivity (Wildman–Crippen MR) is 91.7 cm³/mol. The van der Waals surface area contributed by atoms with Gasteiger partial charge in [-0.05, 0) is 42.9 Å². The van der Waals surface area contributed by atoms with Crippen molar-refractivity contribution < 1.29 is 9.39 Å². The van der Waals surface area contributed by atoms with Crippen LogP contribution < -0.4 is 15.5 Å². The molecule has 1 aliphatic heterocycles. The lowest BCUT2D eigenvalue weighted by atomic mass is 9.87. The number of hydrogen-bond donors (Lipinski definition) is 1. The highest BCUT2D eigenvalue weighted by molar-refractivity contribution is 6.48. The highest BCUT2D eigenvalue weighted by Crippen LogP contribution is 2.21. The van der Waals surface area contributed by atoms with Crippen LogP contribution in [-0.4, -0.2) is 23.6 Å². The Morgan fingerprint density at radius 1 is 1.35 bits per heavy atom. The van der Waals surface area contributed by atoms with Crippen molar-refractivity contribution in [1.82, 2.24) is 9.97 Å². The van der Waals surface area contributed by atoms with E-state index in [-0.39, 0.29) is 6.10 Å². The molecule has 0 unspecified atom stereocenters. The molecule has 0 spiro atoms. The van der Waals surface area contributed by atoms with Crippen LogP contribution in [0.3, 0.4) is 0 Å². The van der Waals surface area contributed by atoms with Gasteiger partial charge in [0.2, 0.25) is 11.8 Å². The molecule has 0 bridgehead atoms. The number of aryl methyl sites for hydroxylation is 1. The van der Waals surface area contributed by atoms with Crippen LogP contribution in [0.2, 0.25) is 0 Å². The van der Waals surface area contributed by atoms with E-state index >= 15 is 0 Å². The van der Waals surface area contributed by atoms with E-state index < -0.39 is 0 Å². The highest BCUT2D eigenvalue weighted by atomic mass is 16.5. The van der Waals surface area contributed by atoms with Gasteiger partial charge in [0.1, 0.15) is 0 Å². The van der Waals surface area contributed by atoms with E-state index in [1.54, 1.807) is 13.7 Å². The lowest BCUT2D eigenvalue weighted by Crippen LogP contribution is -2.16. The van der Waals surface area contributed by atoms with Crippen LogP contribution in [0.1, 0.15) is 37.8 Å². The first-order valence-electron chi connectivity index (χ1n) is 8.04. The molecule has 0 atom stereocenters. The van der Waals surface area contributed by atoms with E-state index in [2.05, 4.69) is 35.2 Å². The molecule has 2 aromatic rings. The van der Waals surface area contributed by atoms with Crippen molar-refractivity contribution in [3.63, 3.8) is 0 Å². The summed E-state index contributed by atoms with van der Waals surface area (Å²) in [6, 6.07) is 6.08. The fraction of sp³-hybridized carbons (Fsp3) is 0.412. The molecule has 0 aliphatic carbocycles. The Hall–Kier alpha value is -2.08. The van der Waals surface area contributed by atoms with Gasteiger partial charge in [-0.1, -0.05) is 19.9 Å². The molecule has 0 saturated carbocycles. The average Bonchev–Trinajstić information content (AvgIpc) is 3.03. The molecule has 1 aromatic heterocycles. The fourth-order valence-corrected chi connectivity index (χ4v) is 2.49. The molecule has 2 heterocycles. The lowest BCUT2D eigenvalue weighted by Gasteiger charge is -2.17. The van der Waals surface area contributed by atoms with Crippen LogP contribution in [0.4, 0.5) is 11.6 Å². The topological polar surface area (TPSA) is 56.3 Å². The SMILES string of the molecule is CCC(CC)Oc1nc(Nc2ccc3c(c2)CO[B]3)ncc1C. The number of fused-ring (bicyclic) bond motifs is 1. The Balaban J connectivity index is 1.78. The summed E-state index contributed by atoms with van der Waals surface area (Å²) in [5.74, 6) is 1.19. The summed E-state index contributed by atoms with van der Waals surface area (Å²) >= 11 is 0. The minimum atomic E-state index is 0.184. The van der Waals surface area contributed by atoms with Gasteiger partial charge >= 0.3 is 7.48 Å².